The van der Waals surface area contributed by atoms with Crippen molar-refractivity contribution in [3.05, 3.63) is 59.1 Å². The number of aromatic nitrogens is 3. The Kier molecular flexibility index (Phi) is 3.86. The summed E-state index contributed by atoms with van der Waals surface area (Å²) in [7, 11) is 0. The number of H-pyrrole nitrogens is 1. The first-order valence-corrected chi connectivity index (χ1v) is 8.16. The molecule has 4 rings (SSSR count). The zero-order valence-electron chi connectivity index (χ0n) is 13.2. The molecule has 0 saturated heterocycles. The second-order valence-corrected chi connectivity index (χ2v) is 5.97. The van der Waals surface area contributed by atoms with Crippen LogP contribution >= 0.6 is 0 Å². The molecule has 0 aliphatic heterocycles. The average molecular weight is 322 g/mol. The monoisotopic (exact) mass is 322 g/mol. The summed E-state index contributed by atoms with van der Waals surface area (Å²) in [6.45, 7) is 0.375. The topological polar surface area (TPSA) is 83.8 Å². The Morgan fingerprint density at radius 1 is 1.21 bits per heavy atom. The summed E-state index contributed by atoms with van der Waals surface area (Å²) in [5.41, 5.74) is 4.14. The normalized spacial score (nSPS) is 13.5. The van der Waals surface area contributed by atoms with Gasteiger partial charge in [0, 0.05) is 17.5 Å². The predicted molar refractivity (Wildman–Crippen MR) is 88.3 cm³/mol. The largest absolute Gasteiger partial charge is 0.360 e. The molecule has 1 aliphatic rings. The van der Waals surface area contributed by atoms with Crippen molar-refractivity contribution in [2.24, 2.45) is 0 Å². The lowest BCUT2D eigenvalue weighted by atomic mass is 9.96. The van der Waals surface area contributed by atoms with Crippen LogP contribution in [0.1, 0.15) is 40.3 Å². The standard InChI is InChI=1S/C18H18N4O2/c23-18(17-14-8-4-5-9-16(14)24-22-17)19-11-13-10-15(21-20-13)12-6-2-1-3-7-12/h1-3,6-7,10H,4-5,8-9,11H2,(H,19,23)(H,20,21). The number of hydrogen-bond donors (Lipinski definition) is 2. The van der Waals surface area contributed by atoms with Gasteiger partial charge in [-0.15, -0.1) is 0 Å². The lowest BCUT2D eigenvalue weighted by molar-refractivity contribution is 0.0940. The highest BCUT2D eigenvalue weighted by atomic mass is 16.5. The van der Waals surface area contributed by atoms with E-state index in [9.17, 15) is 4.79 Å². The number of amides is 1. The van der Waals surface area contributed by atoms with Gasteiger partial charge in [-0.05, 0) is 25.3 Å². The summed E-state index contributed by atoms with van der Waals surface area (Å²) in [5.74, 6) is 0.664. The lowest BCUT2D eigenvalue weighted by Gasteiger charge is -2.08. The first kappa shape index (κ1) is 14.7. The van der Waals surface area contributed by atoms with E-state index in [1.54, 1.807) is 0 Å². The van der Waals surface area contributed by atoms with Gasteiger partial charge in [0.25, 0.3) is 5.91 Å². The van der Waals surface area contributed by atoms with Crippen LogP contribution in [0.4, 0.5) is 0 Å². The van der Waals surface area contributed by atoms with Crippen LogP contribution in [0.2, 0.25) is 0 Å². The SMILES string of the molecule is O=C(NCc1cc(-c2ccccc2)n[nH]1)c1noc2c1CCCC2. The number of aromatic amines is 1. The summed E-state index contributed by atoms with van der Waals surface area (Å²) in [6.07, 6.45) is 3.91. The number of nitrogens with one attached hydrogen (secondary N) is 2. The number of benzene rings is 1. The molecule has 1 amide bonds. The van der Waals surface area contributed by atoms with Gasteiger partial charge in [-0.2, -0.15) is 5.10 Å². The molecule has 2 aromatic heterocycles. The van der Waals surface area contributed by atoms with Crippen LogP contribution in [-0.4, -0.2) is 21.3 Å². The van der Waals surface area contributed by atoms with E-state index in [1.807, 2.05) is 36.4 Å². The highest BCUT2D eigenvalue weighted by Crippen LogP contribution is 2.24. The second-order valence-electron chi connectivity index (χ2n) is 5.97. The number of aryl methyl sites for hydroxylation is 1. The number of carbonyl (C=O) groups excluding carboxylic acids is 1. The minimum Gasteiger partial charge on any atom is -0.360 e. The second kappa shape index (κ2) is 6.31. The smallest absolute Gasteiger partial charge is 0.274 e. The molecular formula is C18H18N4O2. The van der Waals surface area contributed by atoms with Gasteiger partial charge in [-0.1, -0.05) is 35.5 Å². The molecule has 0 fully saturated rings. The average Bonchev–Trinajstić information content (AvgIpc) is 3.27. The highest BCUT2D eigenvalue weighted by Gasteiger charge is 2.23. The molecule has 2 heterocycles. The molecule has 3 aromatic rings. The van der Waals surface area contributed by atoms with E-state index >= 15 is 0 Å². The Balaban J connectivity index is 1.43. The maximum atomic E-state index is 12.4. The molecule has 0 unspecified atom stereocenters. The molecule has 2 N–H and O–H groups in total. The molecule has 1 aliphatic carbocycles. The molecule has 0 atom stereocenters. The molecular weight excluding hydrogens is 304 g/mol. The Hall–Kier alpha value is -2.89. The Labute approximate surface area is 139 Å². The minimum atomic E-state index is -0.197. The zero-order chi connectivity index (χ0) is 16.4. The third-order valence-electron chi connectivity index (χ3n) is 4.31. The van der Waals surface area contributed by atoms with Crippen molar-refractivity contribution in [1.29, 1.82) is 0 Å². The van der Waals surface area contributed by atoms with Crippen molar-refractivity contribution < 1.29 is 9.32 Å². The van der Waals surface area contributed by atoms with Gasteiger partial charge in [0.2, 0.25) is 0 Å². The van der Waals surface area contributed by atoms with Crippen molar-refractivity contribution in [2.75, 3.05) is 0 Å². The van der Waals surface area contributed by atoms with Gasteiger partial charge >= 0.3 is 0 Å². The van der Waals surface area contributed by atoms with Crippen molar-refractivity contribution in [3.63, 3.8) is 0 Å². The number of fused-ring (bicyclic) bond motifs is 1. The van der Waals surface area contributed by atoms with Crippen LogP contribution in [0, 0.1) is 0 Å². The zero-order valence-corrected chi connectivity index (χ0v) is 13.2. The van der Waals surface area contributed by atoms with Crippen LogP contribution in [-0.2, 0) is 19.4 Å². The quantitative estimate of drug-likeness (QED) is 0.773. The Morgan fingerprint density at radius 2 is 2.04 bits per heavy atom. The van der Waals surface area contributed by atoms with E-state index < -0.39 is 0 Å². The molecule has 122 valence electrons. The maximum absolute atomic E-state index is 12.4. The van der Waals surface area contributed by atoms with E-state index in [0.717, 1.165) is 54.0 Å². The summed E-state index contributed by atoms with van der Waals surface area (Å²) in [6, 6.07) is 11.8. The number of rotatable bonds is 4. The minimum absolute atomic E-state index is 0.197. The van der Waals surface area contributed by atoms with E-state index in [0.29, 0.717) is 12.2 Å². The van der Waals surface area contributed by atoms with Crippen LogP contribution in [0.3, 0.4) is 0 Å². The fourth-order valence-electron chi connectivity index (χ4n) is 3.03. The van der Waals surface area contributed by atoms with Gasteiger partial charge in [0.1, 0.15) is 5.76 Å². The first-order chi connectivity index (χ1) is 11.8. The fourth-order valence-corrected chi connectivity index (χ4v) is 3.03. The van der Waals surface area contributed by atoms with E-state index in [2.05, 4.69) is 20.7 Å². The third kappa shape index (κ3) is 2.82. The van der Waals surface area contributed by atoms with E-state index in [-0.39, 0.29) is 5.91 Å². The number of hydrogen-bond acceptors (Lipinski definition) is 4. The van der Waals surface area contributed by atoms with Gasteiger partial charge in [0.05, 0.1) is 17.9 Å². The summed E-state index contributed by atoms with van der Waals surface area (Å²) < 4.78 is 5.29. The van der Waals surface area contributed by atoms with E-state index in [4.69, 9.17) is 4.52 Å². The van der Waals surface area contributed by atoms with Gasteiger partial charge in [-0.25, -0.2) is 0 Å². The first-order valence-electron chi connectivity index (χ1n) is 8.16. The molecule has 0 saturated carbocycles. The molecule has 0 bridgehead atoms. The molecule has 6 heteroatoms. The molecule has 24 heavy (non-hydrogen) atoms. The molecule has 0 radical (unpaired) electrons. The number of carbonyl (C=O) groups is 1. The van der Waals surface area contributed by atoms with Gasteiger partial charge in [-0.3, -0.25) is 9.89 Å². The van der Waals surface area contributed by atoms with Gasteiger partial charge < -0.3 is 9.84 Å². The Bertz CT molecular complexity index is 851. The summed E-state index contributed by atoms with van der Waals surface area (Å²) in [5, 5.41) is 14.1. The fraction of sp³-hybridized carbons (Fsp3) is 0.278. The molecule has 1 aromatic carbocycles. The highest BCUT2D eigenvalue weighted by molar-refractivity contribution is 5.93. The molecule has 0 spiro atoms. The summed E-state index contributed by atoms with van der Waals surface area (Å²) in [4.78, 5) is 12.4. The van der Waals surface area contributed by atoms with Crippen LogP contribution in [0.15, 0.2) is 40.9 Å². The predicted octanol–water partition coefficient (Wildman–Crippen LogP) is 2.87. The maximum Gasteiger partial charge on any atom is 0.274 e. The third-order valence-corrected chi connectivity index (χ3v) is 4.31. The van der Waals surface area contributed by atoms with Gasteiger partial charge in [0.15, 0.2) is 5.69 Å². The lowest BCUT2D eigenvalue weighted by Crippen LogP contribution is -2.24. The molecule has 6 nitrogen and oxygen atoms in total. The van der Waals surface area contributed by atoms with Crippen molar-refractivity contribution in [3.8, 4) is 11.3 Å². The van der Waals surface area contributed by atoms with Crippen LogP contribution in [0.25, 0.3) is 11.3 Å². The van der Waals surface area contributed by atoms with Crippen molar-refractivity contribution in [2.45, 2.75) is 32.2 Å². The number of nitrogens with zero attached hydrogens (tertiary/aromatic N) is 2. The van der Waals surface area contributed by atoms with E-state index in [1.165, 1.54) is 0 Å². The van der Waals surface area contributed by atoms with Crippen molar-refractivity contribution >= 4 is 5.91 Å². The Morgan fingerprint density at radius 3 is 2.92 bits per heavy atom. The van der Waals surface area contributed by atoms with Crippen molar-refractivity contribution in [1.82, 2.24) is 20.7 Å². The van der Waals surface area contributed by atoms with Crippen LogP contribution in [0.5, 0.6) is 0 Å². The summed E-state index contributed by atoms with van der Waals surface area (Å²) >= 11 is 0. The van der Waals surface area contributed by atoms with Crippen LogP contribution < -0.4 is 5.32 Å².